The number of carbonyl (C=O) groups excluding carboxylic acids is 4. The Labute approximate surface area is 253 Å². The first-order valence-electron chi connectivity index (χ1n) is 15.3. The zero-order valence-electron chi connectivity index (χ0n) is 25.3. The largest absolute Gasteiger partial charge is 0.444 e. The number of carbonyl (C=O) groups is 4. The molecule has 0 aromatic heterocycles. The summed E-state index contributed by atoms with van der Waals surface area (Å²) in [5.74, 6) is -2.16. The van der Waals surface area contributed by atoms with E-state index in [1.807, 2.05) is 18.2 Å². The maximum atomic E-state index is 13.7. The predicted octanol–water partition coefficient (Wildman–Crippen LogP) is 2.00. The zero-order chi connectivity index (χ0) is 31.4. The van der Waals surface area contributed by atoms with Crippen LogP contribution in [0.5, 0.6) is 0 Å². The van der Waals surface area contributed by atoms with Gasteiger partial charge in [-0.25, -0.2) is 9.52 Å². The highest BCUT2D eigenvalue weighted by molar-refractivity contribution is 7.87. The Balaban J connectivity index is 1.54. The van der Waals surface area contributed by atoms with E-state index in [-0.39, 0.29) is 31.3 Å². The van der Waals surface area contributed by atoms with Crippen LogP contribution in [0.2, 0.25) is 0 Å². The summed E-state index contributed by atoms with van der Waals surface area (Å²) in [6, 6.07) is -0.0537. The van der Waals surface area contributed by atoms with Crippen molar-refractivity contribution >= 4 is 34.0 Å². The molecule has 0 aromatic carbocycles. The molecule has 0 unspecified atom stereocenters. The van der Waals surface area contributed by atoms with E-state index in [1.54, 1.807) is 20.8 Å². The fraction of sp³-hybridized carbons (Fsp3) is 0.759. The van der Waals surface area contributed by atoms with Crippen LogP contribution in [0.1, 0.15) is 91.4 Å². The van der Waals surface area contributed by atoms with Gasteiger partial charge in [-0.15, -0.1) is 0 Å². The third-order valence-electron chi connectivity index (χ3n) is 8.25. The molecular weight excluding hydrogens is 576 g/mol. The van der Waals surface area contributed by atoms with Gasteiger partial charge in [-0.2, -0.15) is 18.0 Å². The predicted molar refractivity (Wildman–Crippen MR) is 156 cm³/mol. The lowest BCUT2D eigenvalue weighted by Crippen LogP contribution is -2.59. The number of amides is 4. The number of allylic oxidation sites excluding steroid dienone is 1. The quantitative estimate of drug-likeness (QED) is 0.362. The summed E-state index contributed by atoms with van der Waals surface area (Å²) < 4.78 is 35.1. The van der Waals surface area contributed by atoms with Gasteiger partial charge in [-0.3, -0.25) is 14.4 Å². The van der Waals surface area contributed by atoms with Gasteiger partial charge in [0.05, 0.1) is 6.07 Å². The van der Waals surface area contributed by atoms with Crippen molar-refractivity contribution in [1.82, 2.24) is 24.6 Å². The van der Waals surface area contributed by atoms with Crippen LogP contribution in [0.25, 0.3) is 0 Å². The Morgan fingerprint density at radius 2 is 1.91 bits per heavy atom. The minimum atomic E-state index is -4.24. The molecule has 2 heterocycles. The molecule has 4 aliphatic rings. The molecule has 3 fully saturated rings. The van der Waals surface area contributed by atoms with Crippen LogP contribution in [0.15, 0.2) is 12.2 Å². The van der Waals surface area contributed by atoms with E-state index in [0.29, 0.717) is 51.5 Å². The van der Waals surface area contributed by atoms with Gasteiger partial charge in [0.1, 0.15) is 23.2 Å². The van der Waals surface area contributed by atoms with E-state index in [4.69, 9.17) is 10.00 Å². The molecule has 3 N–H and O–H groups in total. The number of rotatable bonds is 7. The van der Waals surface area contributed by atoms with E-state index in [9.17, 15) is 27.6 Å². The number of hydrogen-bond donors (Lipinski definition) is 3. The molecule has 43 heavy (non-hydrogen) atoms. The van der Waals surface area contributed by atoms with Crippen molar-refractivity contribution in [3.8, 4) is 6.07 Å². The van der Waals surface area contributed by atoms with Crippen LogP contribution in [-0.2, 0) is 29.3 Å². The van der Waals surface area contributed by atoms with Crippen molar-refractivity contribution < 1.29 is 32.3 Å². The molecule has 0 aromatic rings. The van der Waals surface area contributed by atoms with Gasteiger partial charge in [0, 0.05) is 31.5 Å². The van der Waals surface area contributed by atoms with Crippen LogP contribution in [-0.4, -0.2) is 83.8 Å². The summed E-state index contributed by atoms with van der Waals surface area (Å²) in [4.78, 5) is 55.0. The first-order valence-corrected chi connectivity index (χ1v) is 16.7. The lowest BCUT2D eigenvalue weighted by molar-refractivity contribution is -0.141. The van der Waals surface area contributed by atoms with E-state index < -0.39 is 57.3 Å². The number of hydrogen-bond acceptors (Lipinski definition) is 8. The van der Waals surface area contributed by atoms with Crippen molar-refractivity contribution in [3.63, 3.8) is 0 Å². The first kappa shape index (κ1) is 32.7. The molecule has 4 atom stereocenters. The van der Waals surface area contributed by atoms with Crippen molar-refractivity contribution in [2.75, 3.05) is 13.1 Å². The second-order valence-corrected chi connectivity index (χ2v) is 14.5. The maximum absolute atomic E-state index is 13.7. The van der Waals surface area contributed by atoms with E-state index in [1.165, 1.54) is 4.90 Å². The Morgan fingerprint density at radius 3 is 2.58 bits per heavy atom. The van der Waals surface area contributed by atoms with Crippen LogP contribution < -0.4 is 15.4 Å². The molecule has 13 nitrogen and oxygen atoms in total. The van der Waals surface area contributed by atoms with Gasteiger partial charge in [0.2, 0.25) is 11.8 Å². The molecule has 2 aliphatic heterocycles. The third kappa shape index (κ3) is 8.26. The normalized spacial score (nSPS) is 28.4. The van der Waals surface area contributed by atoms with E-state index in [2.05, 4.69) is 15.4 Å². The fourth-order valence-corrected chi connectivity index (χ4v) is 7.30. The highest BCUT2D eigenvalue weighted by atomic mass is 32.2. The Bertz CT molecular complexity index is 1270. The van der Waals surface area contributed by atoms with Gasteiger partial charge in [-0.1, -0.05) is 25.0 Å². The summed E-state index contributed by atoms with van der Waals surface area (Å²) in [6.45, 7) is 5.49. The molecule has 2 aliphatic carbocycles. The third-order valence-corrected chi connectivity index (χ3v) is 9.80. The monoisotopic (exact) mass is 620 g/mol. The highest BCUT2D eigenvalue weighted by Gasteiger charge is 2.61. The number of alkyl carbamates (subject to hydrolysis) is 1. The lowest BCUT2D eigenvalue weighted by atomic mass is 10.0. The molecular formula is C29H44N6O7S. The average molecular weight is 621 g/mol. The minimum absolute atomic E-state index is 0.00579. The van der Waals surface area contributed by atoms with Crippen molar-refractivity contribution in [2.45, 2.75) is 121 Å². The topological polar surface area (TPSA) is 178 Å². The second-order valence-electron chi connectivity index (χ2n) is 12.9. The summed E-state index contributed by atoms with van der Waals surface area (Å²) in [6.07, 6.45) is 8.95. The number of ether oxygens (including phenoxy) is 1. The van der Waals surface area contributed by atoms with Crippen molar-refractivity contribution in [3.05, 3.63) is 12.2 Å². The maximum Gasteiger partial charge on any atom is 0.408 e. The highest BCUT2D eigenvalue weighted by Crippen LogP contribution is 2.46. The Morgan fingerprint density at radius 1 is 1.16 bits per heavy atom. The van der Waals surface area contributed by atoms with Crippen LogP contribution >= 0.6 is 0 Å². The first-order chi connectivity index (χ1) is 20.3. The smallest absolute Gasteiger partial charge is 0.408 e. The Kier molecular flexibility index (Phi) is 10.1. The zero-order valence-corrected chi connectivity index (χ0v) is 26.1. The van der Waals surface area contributed by atoms with Crippen LogP contribution in [0, 0.1) is 17.2 Å². The fourth-order valence-electron chi connectivity index (χ4n) is 5.83. The number of fused-ring (bicyclic) bond motifs is 2. The average Bonchev–Trinajstić information content (AvgIpc) is 3.81. The van der Waals surface area contributed by atoms with E-state index in [0.717, 1.165) is 17.1 Å². The Hall–Kier alpha value is -3.18. The van der Waals surface area contributed by atoms with Gasteiger partial charge in [0.15, 0.2) is 0 Å². The molecule has 0 bridgehead atoms. The standard InChI is InChI=1S/C29H44N6O7S/c1-28(2,3)42-27(39)31-22-12-8-6-4-5-7-11-20-19-29(20,32-24(36)23-13-9-17-34(23)25(22)37)26(38)33-43(40,41)35(18-10-16-30)21-14-15-21/h7,11,20-23H,4-6,8-10,12-15,17-19H2,1-3H3,(H,31,39)(H,32,36)(H,33,38)/t20-,22+,23+,29-/m1/s1. The number of nitriles is 1. The molecule has 1 saturated heterocycles. The molecule has 0 spiro atoms. The van der Waals surface area contributed by atoms with Gasteiger partial charge >= 0.3 is 16.3 Å². The summed E-state index contributed by atoms with van der Waals surface area (Å²) in [7, 11) is -4.24. The second kappa shape index (κ2) is 13.2. The molecule has 4 amide bonds. The van der Waals surface area contributed by atoms with Crippen LogP contribution in [0.4, 0.5) is 4.79 Å². The molecule has 14 heteroatoms. The molecule has 2 saturated carbocycles. The minimum Gasteiger partial charge on any atom is -0.444 e. The van der Waals surface area contributed by atoms with Crippen molar-refractivity contribution in [1.29, 1.82) is 5.26 Å². The van der Waals surface area contributed by atoms with Crippen molar-refractivity contribution in [2.24, 2.45) is 5.92 Å². The molecule has 238 valence electrons. The number of nitrogens with one attached hydrogen (secondary N) is 3. The SMILES string of the molecule is CC(C)(C)OC(=O)N[C@H]1CCCCCC=C[C@@H]2C[C@@]2(C(=O)NS(=O)(=O)N(CCC#N)C2CC2)NC(=O)[C@@H]2CCCN2C1=O. The van der Waals surface area contributed by atoms with Gasteiger partial charge in [0.25, 0.3) is 5.91 Å². The lowest BCUT2D eigenvalue weighted by Gasteiger charge is -2.31. The van der Waals surface area contributed by atoms with Gasteiger partial charge < -0.3 is 20.3 Å². The van der Waals surface area contributed by atoms with Crippen LogP contribution in [0.3, 0.4) is 0 Å². The summed E-state index contributed by atoms with van der Waals surface area (Å²) in [5.41, 5.74) is -2.22. The van der Waals surface area contributed by atoms with Gasteiger partial charge in [-0.05, 0) is 72.1 Å². The number of nitrogens with zero attached hydrogens (tertiary/aromatic N) is 3. The molecule has 0 radical (unpaired) electrons. The molecule has 4 rings (SSSR count). The summed E-state index contributed by atoms with van der Waals surface area (Å²) >= 11 is 0. The summed E-state index contributed by atoms with van der Waals surface area (Å²) in [5, 5.41) is 14.5. The van der Waals surface area contributed by atoms with E-state index >= 15 is 0 Å².